The number of hydrogen-bond donors (Lipinski definition) is 2. The molecular weight excluding hydrogens is 446 g/mol. The fourth-order valence-electron chi connectivity index (χ4n) is 5.71. The first kappa shape index (κ1) is 28.0. The lowest BCUT2D eigenvalue weighted by Crippen LogP contribution is -2.52. The summed E-state index contributed by atoms with van der Waals surface area (Å²) in [4.78, 5) is 25.5. The maximum absolute atomic E-state index is 13.1. The van der Waals surface area contributed by atoms with Gasteiger partial charge < -0.3 is 10.4 Å². The van der Waals surface area contributed by atoms with Gasteiger partial charge in [0.2, 0.25) is 5.91 Å². The number of carboxylic acids is 1. The van der Waals surface area contributed by atoms with E-state index in [9.17, 15) is 14.7 Å². The van der Waals surface area contributed by atoms with Gasteiger partial charge in [-0.1, -0.05) is 115 Å². The van der Waals surface area contributed by atoms with Gasteiger partial charge in [-0.25, -0.2) is 0 Å². The maximum Gasteiger partial charge on any atom is 0.313 e. The number of hydrogen-bond acceptors (Lipinski definition) is 2. The Balaban J connectivity index is 1.88. The van der Waals surface area contributed by atoms with Crippen LogP contribution in [0.15, 0.2) is 54.7 Å². The van der Waals surface area contributed by atoms with Gasteiger partial charge in [0.05, 0.1) is 0 Å². The van der Waals surface area contributed by atoms with Crippen LogP contribution in [0, 0.1) is 5.92 Å². The number of carbonyl (C=O) groups excluding carboxylic acids is 1. The average molecular weight is 492 g/mol. The molecule has 4 heteroatoms. The van der Waals surface area contributed by atoms with E-state index in [0.29, 0.717) is 0 Å². The Kier molecular flexibility index (Phi) is 9.03. The van der Waals surface area contributed by atoms with Crippen molar-refractivity contribution in [1.82, 2.24) is 5.32 Å². The number of unbranched alkanes of at least 4 members (excludes halogenated alkanes) is 6. The number of carbonyl (C=O) groups is 2. The summed E-state index contributed by atoms with van der Waals surface area (Å²) >= 11 is 0. The Morgan fingerprint density at radius 3 is 2.33 bits per heavy atom. The van der Waals surface area contributed by atoms with Gasteiger partial charge in [-0.15, -0.1) is 0 Å². The van der Waals surface area contributed by atoms with Crippen LogP contribution < -0.4 is 5.32 Å². The Hall–Kier alpha value is -2.62. The molecule has 36 heavy (non-hydrogen) atoms. The number of benzene rings is 1. The van der Waals surface area contributed by atoms with Crippen molar-refractivity contribution in [1.29, 1.82) is 0 Å². The smallest absolute Gasteiger partial charge is 0.313 e. The van der Waals surface area contributed by atoms with Crippen LogP contribution in [0.25, 0.3) is 0 Å². The highest BCUT2D eigenvalue weighted by molar-refractivity contribution is 5.90. The van der Waals surface area contributed by atoms with E-state index in [4.69, 9.17) is 0 Å². The number of amides is 1. The number of fused-ring (bicyclic) bond motifs is 1. The van der Waals surface area contributed by atoms with Gasteiger partial charge in [0.1, 0.15) is 11.5 Å². The van der Waals surface area contributed by atoms with Crippen molar-refractivity contribution in [3.05, 3.63) is 71.3 Å². The molecule has 0 saturated heterocycles. The van der Waals surface area contributed by atoms with Crippen LogP contribution in [0.4, 0.5) is 0 Å². The minimum atomic E-state index is -1.14. The zero-order valence-corrected chi connectivity index (χ0v) is 22.9. The van der Waals surface area contributed by atoms with Crippen LogP contribution in [0.5, 0.6) is 0 Å². The minimum Gasteiger partial charge on any atom is -0.481 e. The summed E-state index contributed by atoms with van der Waals surface area (Å²) in [6.07, 6.45) is 20.9. The number of carboxylic acid groups (broad SMARTS) is 1. The van der Waals surface area contributed by atoms with Crippen molar-refractivity contribution < 1.29 is 14.7 Å². The summed E-state index contributed by atoms with van der Waals surface area (Å²) in [6, 6.07) is 6.32. The molecule has 2 aliphatic carbocycles. The SMILES string of the molecule is CCCCCCCCC=CC(=O)NC1(c2ccc3c(c2)C(C)(C)CCC3(C)C)C=CC=CC1C(=O)O. The molecule has 0 fully saturated rings. The van der Waals surface area contributed by atoms with Crippen molar-refractivity contribution in [3.63, 3.8) is 0 Å². The predicted molar refractivity (Wildman–Crippen MR) is 148 cm³/mol. The maximum atomic E-state index is 13.1. The Labute approximate surface area is 218 Å². The lowest BCUT2D eigenvalue weighted by molar-refractivity contribution is -0.142. The molecule has 196 valence electrons. The fourth-order valence-corrected chi connectivity index (χ4v) is 5.71. The second-order valence-corrected chi connectivity index (χ2v) is 11.9. The van der Waals surface area contributed by atoms with Gasteiger partial charge in [-0.05, 0) is 59.3 Å². The zero-order chi connectivity index (χ0) is 26.4. The highest BCUT2D eigenvalue weighted by Crippen LogP contribution is 2.47. The molecule has 4 nitrogen and oxygen atoms in total. The lowest BCUT2D eigenvalue weighted by Gasteiger charge is -2.44. The Bertz CT molecular complexity index is 1030. The summed E-state index contributed by atoms with van der Waals surface area (Å²) in [5, 5.41) is 13.3. The first-order valence-corrected chi connectivity index (χ1v) is 13.8. The van der Waals surface area contributed by atoms with E-state index in [-0.39, 0.29) is 16.7 Å². The van der Waals surface area contributed by atoms with Gasteiger partial charge in [0.25, 0.3) is 0 Å². The molecule has 1 amide bonds. The van der Waals surface area contributed by atoms with Gasteiger partial charge in [-0.3, -0.25) is 9.59 Å². The average Bonchev–Trinajstić information content (AvgIpc) is 2.83. The molecule has 0 aromatic heterocycles. The second-order valence-electron chi connectivity index (χ2n) is 11.9. The quantitative estimate of drug-likeness (QED) is 0.249. The van der Waals surface area contributed by atoms with Gasteiger partial charge in [0.15, 0.2) is 0 Å². The highest BCUT2D eigenvalue weighted by Gasteiger charge is 2.45. The molecule has 0 spiro atoms. The summed E-state index contributed by atoms with van der Waals surface area (Å²) in [6.45, 7) is 11.3. The van der Waals surface area contributed by atoms with Crippen molar-refractivity contribution >= 4 is 11.9 Å². The van der Waals surface area contributed by atoms with Crippen LogP contribution in [0.2, 0.25) is 0 Å². The lowest BCUT2D eigenvalue weighted by atomic mass is 9.62. The van der Waals surface area contributed by atoms with Crippen molar-refractivity contribution in [2.75, 3.05) is 0 Å². The molecule has 2 N–H and O–H groups in total. The molecule has 3 rings (SSSR count). The third-order valence-electron chi connectivity index (χ3n) is 8.18. The van der Waals surface area contributed by atoms with Crippen molar-refractivity contribution in [2.24, 2.45) is 5.92 Å². The van der Waals surface area contributed by atoms with Crippen molar-refractivity contribution in [2.45, 2.75) is 109 Å². The number of nitrogens with one attached hydrogen (secondary N) is 1. The molecule has 2 unspecified atom stereocenters. The first-order chi connectivity index (χ1) is 17.0. The summed E-state index contributed by atoms with van der Waals surface area (Å²) in [7, 11) is 0. The molecular formula is C32H45NO3. The zero-order valence-electron chi connectivity index (χ0n) is 22.9. The largest absolute Gasteiger partial charge is 0.481 e. The third kappa shape index (κ3) is 6.19. The molecule has 1 aromatic carbocycles. The second kappa shape index (κ2) is 11.6. The van der Waals surface area contributed by atoms with Gasteiger partial charge in [-0.2, -0.15) is 0 Å². The van der Waals surface area contributed by atoms with E-state index in [1.165, 1.54) is 43.2 Å². The van der Waals surface area contributed by atoms with Gasteiger partial charge >= 0.3 is 5.97 Å². The normalized spacial score (nSPS) is 24.0. The standard InChI is InChI=1S/C32H45NO3/c1-6-7-8-9-10-11-12-13-17-28(34)33-32(20-15-14-16-26(32)29(35)36)24-18-19-25-27(23-24)31(4,5)22-21-30(25,2)3/h13-20,23,26H,6-12,21-22H2,1-5H3,(H,33,34)(H,35,36). The topological polar surface area (TPSA) is 66.4 Å². The van der Waals surface area contributed by atoms with Crippen LogP contribution in [-0.2, 0) is 26.0 Å². The van der Waals surface area contributed by atoms with E-state index in [1.54, 1.807) is 18.2 Å². The molecule has 2 aliphatic rings. The first-order valence-electron chi connectivity index (χ1n) is 13.8. The van der Waals surface area contributed by atoms with E-state index < -0.39 is 17.4 Å². The molecule has 2 atom stereocenters. The molecule has 0 aliphatic heterocycles. The van der Waals surface area contributed by atoms with Crippen LogP contribution in [0.1, 0.15) is 109 Å². The fraction of sp³-hybridized carbons (Fsp3) is 0.562. The van der Waals surface area contributed by atoms with Crippen LogP contribution >= 0.6 is 0 Å². The third-order valence-corrected chi connectivity index (χ3v) is 8.18. The molecule has 0 bridgehead atoms. The Morgan fingerprint density at radius 1 is 0.972 bits per heavy atom. The summed E-state index contributed by atoms with van der Waals surface area (Å²) < 4.78 is 0. The summed E-state index contributed by atoms with van der Waals surface area (Å²) in [5.41, 5.74) is 2.27. The molecule has 0 saturated carbocycles. The molecule has 1 aromatic rings. The number of allylic oxidation sites excluding steroid dienone is 3. The summed E-state index contributed by atoms with van der Waals surface area (Å²) in [5.74, 6) is -2.11. The van der Waals surface area contributed by atoms with E-state index in [1.807, 2.05) is 24.3 Å². The van der Waals surface area contributed by atoms with E-state index >= 15 is 0 Å². The van der Waals surface area contributed by atoms with E-state index in [2.05, 4.69) is 52.1 Å². The van der Waals surface area contributed by atoms with Crippen LogP contribution in [-0.4, -0.2) is 17.0 Å². The Morgan fingerprint density at radius 2 is 1.64 bits per heavy atom. The molecule has 0 heterocycles. The minimum absolute atomic E-state index is 0.0178. The van der Waals surface area contributed by atoms with Crippen molar-refractivity contribution in [3.8, 4) is 0 Å². The predicted octanol–water partition coefficient (Wildman–Crippen LogP) is 7.48. The van der Waals surface area contributed by atoms with Gasteiger partial charge in [0, 0.05) is 0 Å². The number of aliphatic carboxylic acids is 1. The van der Waals surface area contributed by atoms with Crippen LogP contribution in [0.3, 0.4) is 0 Å². The van der Waals surface area contributed by atoms with E-state index in [0.717, 1.165) is 31.2 Å². The molecule has 0 radical (unpaired) electrons. The monoisotopic (exact) mass is 491 g/mol. The highest BCUT2D eigenvalue weighted by atomic mass is 16.4. The number of rotatable bonds is 11.